The highest BCUT2D eigenvalue weighted by atomic mass is 14.4. The van der Waals surface area contributed by atoms with Gasteiger partial charge in [-0.2, -0.15) is 0 Å². The van der Waals surface area contributed by atoms with Gasteiger partial charge in [-0.15, -0.1) is 0 Å². The molecule has 0 bridgehead atoms. The standard InChI is InChI=1S/C13H26B2/c1-9(2)13(14,15)8-10-6-11-4-3-5-12(11)7-10/h9-12H,3-8,14-15H2,1-2H3. The van der Waals surface area contributed by atoms with Crippen molar-refractivity contribution in [1.29, 1.82) is 0 Å². The van der Waals surface area contributed by atoms with Gasteiger partial charge < -0.3 is 0 Å². The van der Waals surface area contributed by atoms with E-state index in [-0.39, 0.29) is 0 Å². The predicted molar refractivity (Wildman–Crippen MR) is 72.8 cm³/mol. The Morgan fingerprint density at radius 2 is 1.67 bits per heavy atom. The SMILES string of the molecule is BC(B)(CC1CC2CCCC2C1)C(C)C. The molecular formula is C13H26B2. The average molecular weight is 204 g/mol. The van der Waals surface area contributed by atoms with Crippen molar-refractivity contribution in [3.63, 3.8) is 0 Å². The molecule has 0 amide bonds. The van der Waals surface area contributed by atoms with Gasteiger partial charge >= 0.3 is 0 Å². The summed E-state index contributed by atoms with van der Waals surface area (Å²) in [5.74, 6) is 4.13. The van der Waals surface area contributed by atoms with Gasteiger partial charge in [-0.05, 0) is 30.6 Å². The maximum atomic E-state index is 2.46. The molecule has 0 aromatic heterocycles. The van der Waals surface area contributed by atoms with Crippen molar-refractivity contribution in [1.82, 2.24) is 0 Å². The average Bonchev–Trinajstić information content (AvgIpc) is 2.62. The van der Waals surface area contributed by atoms with Gasteiger partial charge in [-0.3, -0.25) is 0 Å². The summed E-state index contributed by atoms with van der Waals surface area (Å²) in [6, 6.07) is 0. The Labute approximate surface area is 97.4 Å². The molecule has 2 aliphatic rings. The molecule has 15 heavy (non-hydrogen) atoms. The topological polar surface area (TPSA) is 0 Å². The van der Waals surface area contributed by atoms with Crippen LogP contribution in [-0.4, -0.2) is 15.7 Å². The third kappa shape index (κ3) is 2.45. The zero-order valence-electron chi connectivity index (χ0n) is 11.1. The second-order valence-corrected chi connectivity index (χ2v) is 7.14. The minimum Gasteiger partial charge on any atom is -0.0820 e. The summed E-state index contributed by atoms with van der Waals surface area (Å²) >= 11 is 0. The van der Waals surface area contributed by atoms with Gasteiger partial charge in [-0.25, -0.2) is 0 Å². The third-order valence-electron chi connectivity index (χ3n) is 5.47. The fraction of sp³-hybridized carbons (Fsp3) is 1.00. The van der Waals surface area contributed by atoms with E-state index in [1.807, 2.05) is 0 Å². The molecule has 0 radical (unpaired) electrons. The Morgan fingerprint density at radius 1 is 1.13 bits per heavy atom. The highest BCUT2D eigenvalue weighted by molar-refractivity contribution is 6.39. The lowest BCUT2D eigenvalue weighted by Gasteiger charge is -2.32. The molecule has 84 valence electrons. The first-order valence-electron chi connectivity index (χ1n) is 6.99. The summed E-state index contributed by atoms with van der Waals surface area (Å²) in [4.78, 5) is 0. The van der Waals surface area contributed by atoms with Gasteiger partial charge in [0.2, 0.25) is 0 Å². The van der Waals surface area contributed by atoms with Crippen LogP contribution in [0.4, 0.5) is 0 Å². The summed E-state index contributed by atoms with van der Waals surface area (Å²) in [6.07, 6.45) is 9.20. The van der Waals surface area contributed by atoms with Crippen molar-refractivity contribution in [3.8, 4) is 0 Å². The summed E-state index contributed by atoms with van der Waals surface area (Å²) in [6.45, 7) is 4.77. The van der Waals surface area contributed by atoms with E-state index in [2.05, 4.69) is 29.5 Å². The van der Waals surface area contributed by atoms with Crippen molar-refractivity contribution in [3.05, 3.63) is 0 Å². The van der Waals surface area contributed by atoms with Crippen LogP contribution in [0.25, 0.3) is 0 Å². The zero-order valence-corrected chi connectivity index (χ0v) is 11.1. The molecule has 2 atom stereocenters. The Hall–Kier alpha value is 0.130. The van der Waals surface area contributed by atoms with E-state index in [1.54, 1.807) is 25.7 Å². The number of rotatable bonds is 3. The van der Waals surface area contributed by atoms with Gasteiger partial charge in [-0.1, -0.05) is 50.7 Å². The first kappa shape index (κ1) is 11.6. The van der Waals surface area contributed by atoms with Crippen LogP contribution in [-0.2, 0) is 0 Å². The van der Waals surface area contributed by atoms with E-state index >= 15 is 0 Å². The molecule has 0 nitrogen and oxygen atoms in total. The lowest BCUT2D eigenvalue weighted by Crippen LogP contribution is -2.23. The van der Waals surface area contributed by atoms with E-state index in [0.717, 1.165) is 23.7 Å². The van der Waals surface area contributed by atoms with E-state index < -0.39 is 0 Å². The molecule has 2 saturated carbocycles. The highest BCUT2D eigenvalue weighted by Gasteiger charge is 2.39. The van der Waals surface area contributed by atoms with E-state index in [1.165, 1.54) is 12.8 Å². The van der Waals surface area contributed by atoms with Crippen LogP contribution in [0.2, 0.25) is 5.21 Å². The summed E-state index contributed by atoms with van der Waals surface area (Å²) in [5, 5.41) is 0.559. The predicted octanol–water partition coefficient (Wildman–Crippen LogP) is 2.24. The molecule has 0 heterocycles. The molecule has 2 unspecified atom stereocenters. The van der Waals surface area contributed by atoms with Gasteiger partial charge in [0.25, 0.3) is 0 Å². The van der Waals surface area contributed by atoms with Crippen molar-refractivity contribution in [2.75, 3.05) is 0 Å². The van der Waals surface area contributed by atoms with Crippen molar-refractivity contribution in [2.45, 2.75) is 57.6 Å². The lowest BCUT2D eigenvalue weighted by molar-refractivity contribution is 0.380. The summed E-state index contributed by atoms with van der Waals surface area (Å²) in [5.41, 5.74) is 0. The maximum absolute atomic E-state index is 2.46. The van der Waals surface area contributed by atoms with E-state index in [4.69, 9.17) is 0 Å². The van der Waals surface area contributed by atoms with Crippen molar-refractivity contribution < 1.29 is 0 Å². The molecule has 2 aliphatic carbocycles. The zero-order chi connectivity index (χ0) is 11.1. The molecule has 0 spiro atoms. The molecule has 2 rings (SSSR count). The largest absolute Gasteiger partial charge is 0.0995 e. The number of fused-ring (bicyclic) bond motifs is 1. The summed E-state index contributed by atoms with van der Waals surface area (Å²) in [7, 11) is 4.93. The van der Waals surface area contributed by atoms with Crippen LogP contribution in [0.5, 0.6) is 0 Å². The maximum Gasteiger partial charge on any atom is 0.0995 e. The van der Waals surface area contributed by atoms with Gasteiger partial charge in [0.1, 0.15) is 0 Å². The molecular weight excluding hydrogens is 178 g/mol. The molecule has 0 aromatic rings. The Kier molecular flexibility index (Phi) is 3.24. The fourth-order valence-electron chi connectivity index (χ4n) is 3.83. The van der Waals surface area contributed by atoms with Gasteiger partial charge in [0.15, 0.2) is 0 Å². The molecule has 0 aromatic carbocycles. The lowest BCUT2D eigenvalue weighted by atomic mass is 9.46. The van der Waals surface area contributed by atoms with Gasteiger partial charge in [0.05, 0.1) is 15.7 Å². The minimum absolute atomic E-state index is 0.559. The second kappa shape index (κ2) is 4.18. The van der Waals surface area contributed by atoms with Crippen LogP contribution < -0.4 is 0 Å². The van der Waals surface area contributed by atoms with Gasteiger partial charge in [0, 0.05) is 0 Å². The van der Waals surface area contributed by atoms with E-state index in [0.29, 0.717) is 5.21 Å². The van der Waals surface area contributed by atoms with Crippen LogP contribution in [0, 0.1) is 23.7 Å². The first-order chi connectivity index (χ1) is 6.99. The molecule has 0 aliphatic heterocycles. The minimum atomic E-state index is 0.559. The third-order valence-corrected chi connectivity index (χ3v) is 5.47. The summed E-state index contributed by atoms with van der Waals surface area (Å²) < 4.78 is 0. The van der Waals surface area contributed by atoms with Crippen LogP contribution in [0.1, 0.15) is 52.4 Å². The van der Waals surface area contributed by atoms with Crippen LogP contribution in [0.3, 0.4) is 0 Å². The Bertz CT molecular complexity index is 211. The molecule has 2 heteroatoms. The van der Waals surface area contributed by atoms with Crippen LogP contribution in [0.15, 0.2) is 0 Å². The number of hydrogen-bond donors (Lipinski definition) is 0. The highest BCUT2D eigenvalue weighted by Crippen LogP contribution is 2.51. The van der Waals surface area contributed by atoms with E-state index in [9.17, 15) is 0 Å². The molecule has 2 fully saturated rings. The number of hydrogen-bond acceptors (Lipinski definition) is 0. The van der Waals surface area contributed by atoms with Crippen LogP contribution >= 0.6 is 0 Å². The fourth-order valence-corrected chi connectivity index (χ4v) is 3.83. The van der Waals surface area contributed by atoms with Crippen molar-refractivity contribution in [2.24, 2.45) is 23.7 Å². The normalized spacial score (nSPS) is 36.1. The molecule has 0 N–H and O–H groups in total. The second-order valence-electron chi connectivity index (χ2n) is 7.14. The van der Waals surface area contributed by atoms with Crippen molar-refractivity contribution >= 4 is 15.7 Å². The first-order valence-corrected chi connectivity index (χ1v) is 6.99. The Balaban J connectivity index is 1.87. The Morgan fingerprint density at radius 3 is 2.13 bits per heavy atom. The monoisotopic (exact) mass is 204 g/mol. The smallest absolute Gasteiger partial charge is 0.0820 e. The molecule has 0 saturated heterocycles. The quantitative estimate of drug-likeness (QED) is 0.618.